The molecule has 0 spiro atoms. The lowest BCUT2D eigenvalue weighted by Crippen LogP contribution is -2.02. The Balaban J connectivity index is 2.79. The summed E-state index contributed by atoms with van der Waals surface area (Å²) in [5.41, 5.74) is 0. The van der Waals surface area contributed by atoms with Crippen LogP contribution in [0.3, 0.4) is 0 Å². The molecule has 1 aromatic rings. The topological polar surface area (TPSA) is 52.1 Å². The van der Waals surface area contributed by atoms with Crippen LogP contribution in [-0.4, -0.2) is 15.9 Å². The first kappa shape index (κ1) is 8.13. The number of carbonyl (C=O) groups is 1. The molecule has 5 heteroatoms. The van der Waals surface area contributed by atoms with Gasteiger partial charge in [0.15, 0.2) is 0 Å². The number of aromatic nitrogens is 2. The van der Waals surface area contributed by atoms with Gasteiger partial charge in [0.2, 0.25) is 5.88 Å². The molecule has 1 aromatic heterocycles. The van der Waals surface area contributed by atoms with E-state index in [9.17, 15) is 4.79 Å². The molecule has 11 heavy (non-hydrogen) atoms. The monoisotopic (exact) mass is 216 g/mol. The van der Waals surface area contributed by atoms with Crippen molar-refractivity contribution in [3.8, 4) is 5.88 Å². The largest absolute Gasteiger partial charge is 0.407 e. The van der Waals surface area contributed by atoms with Gasteiger partial charge in [0, 0.05) is 13.0 Å². The minimum atomic E-state index is -0.393. The molecular formula is C6H5BrN2O2. The normalized spacial score (nSPS) is 9.27. The van der Waals surface area contributed by atoms with Crippen LogP contribution in [0.5, 0.6) is 5.88 Å². The number of hydrogen-bond donors (Lipinski definition) is 0. The predicted molar refractivity (Wildman–Crippen MR) is 41.0 cm³/mol. The number of hydrogen-bond acceptors (Lipinski definition) is 4. The summed E-state index contributed by atoms with van der Waals surface area (Å²) in [4.78, 5) is 17.9. The van der Waals surface area contributed by atoms with Crippen LogP contribution >= 0.6 is 15.9 Å². The zero-order chi connectivity index (χ0) is 8.27. The van der Waals surface area contributed by atoms with Crippen LogP contribution in [0.15, 0.2) is 17.0 Å². The Kier molecular flexibility index (Phi) is 2.53. The van der Waals surface area contributed by atoms with Gasteiger partial charge in [-0.3, -0.25) is 4.79 Å². The Morgan fingerprint density at radius 1 is 1.64 bits per heavy atom. The third-order valence-corrected chi connectivity index (χ3v) is 1.29. The van der Waals surface area contributed by atoms with E-state index in [0.29, 0.717) is 4.60 Å². The van der Waals surface area contributed by atoms with E-state index in [0.717, 1.165) is 0 Å². The van der Waals surface area contributed by atoms with Crippen molar-refractivity contribution in [1.29, 1.82) is 0 Å². The molecule has 0 N–H and O–H groups in total. The number of halogens is 1. The highest BCUT2D eigenvalue weighted by Gasteiger charge is 1.99. The molecule has 1 rings (SSSR count). The highest BCUT2D eigenvalue weighted by Crippen LogP contribution is 2.11. The van der Waals surface area contributed by atoms with Crippen LogP contribution in [0.4, 0.5) is 0 Å². The Morgan fingerprint density at radius 2 is 2.36 bits per heavy atom. The third-order valence-electron chi connectivity index (χ3n) is 0.857. The first-order valence-corrected chi connectivity index (χ1v) is 3.64. The van der Waals surface area contributed by atoms with Gasteiger partial charge in [-0.2, -0.15) is 0 Å². The molecule has 0 radical (unpaired) electrons. The van der Waals surface area contributed by atoms with Crippen LogP contribution in [0, 0.1) is 0 Å². The van der Waals surface area contributed by atoms with Gasteiger partial charge in [-0.15, -0.1) is 0 Å². The Morgan fingerprint density at radius 3 is 2.91 bits per heavy atom. The van der Waals surface area contributed by atoms with Gasteiger partial charge >= 0.3 is 5.97 Å². The summed E-state index contributed by atoms with van der Waals surface area (Å²) in [7, 11) is 0. The fraction of sp³-hybridized carbons (Fsp3) is 0.167. The zero-order valence-electron chi connectivity index (χ0n) is 5.74. The highest BCUT2D eigenvalue weighted by molar-refractivity contribution is 9.10. The van der Waals surface area contributed by atoms with Gasteiger partial charge in [0.25, 0.3) is 0 Å². The first-order chi connectivity index (χ1) is 5.18. The van der Waals surface area contributed by atoms with Crippen molar-refractivity contribution < 1.29 is 9.53 Å². The van der Waals surface area contributed by atoms with Crippen LogP contribution in [0.25, 0.3) is 0 Å². The number of esters is 1. The number of nitrogens with zero attached hydrogens (tertiary/aromatic N) is 2. The second-order valence-corrected chi connectivity index (χ2v) is 2.59. The molecule has 0 saturated heterocycles. The molecule has 0 aromatic carbocycles. The van der Waals surface area contributed by atoms with Crippen molar-refractivity contribution >= 4 is 21.9 Å². The van der Waals surface area contributed by atoms with E-state index in [4.69, 9.17) is 0 Å². The molecule has 0 unspecified atom stereocenters. The average Bonchev–Trinajstić information content (AvgIpc) is 1.85. The van der Waals surface area contributed by atoms with Crippen molar-refractivity contribution in [3.05, 3.63) is 17.0 Å². The fourth-order valence-corrected chi connectivity index (χ4v) is 0.808. The summed E-state index contributed by atoms with van der Waals surface area (Å²) >= 11 is 3.11. The zero-order valence-corrected chi connectivity index (χ0v) is 7.33. The van der Waals surface area contributed by atoms with Crippen molar-refractivity contribution in [2.24, 2.45) is 0 Å². The minimum absolute atomic E-state index is 0.249. The minimum Gasteiger partial charge on any atom is -0.407 e. The number of ether oxygens (including phenoxy) is 1. The van der Waals surface area contributed by atoms with Gasteiger partial charge < -0.3 is 4.74 Å². The molecule has 0 bridgehead atoms. The van der Waals surface area contributed by atoms with E-state index in [-0.39, 0.29) is 5.88 Å². The maximum Gasteiger partial charge on any atom is 0.309 e. The average molecular weight is 217 g/mol. The second kappa shape index (κ2) is 3.43. The molecule has 4 nitrogen and oxygen atoms in total. The Bertz CT molecular complexity index is 277. The van der Waals surface area contributed by atoms with Crippen LogP contribution in [-0.2, 0) is 4.79 Å². The van der Waals surface area contributed by atoms with Crippen molar-refractivity contribution in [1.82, 2.24) is 9.97 Å². The van der Waals surface area contributed by atoms with Crippen molar-refractivity contribution in [3.63, 3.8) is 0 Å². The van der Waals surface area contributed by atoms with Gasteiger partial charge in [-0.05, 0) is 15.9 Å². The Labute approximate surface area is 71.7 Å². The Hall–Kier alpha value is -0.970. The van der Waals surface area contributed by atoms with Gasteiger partial charge in [-0.1, -0.05) is 0 Å². The summed E-state index contributed by atoms with van der Waals surface area (Å²) < 4.78 is 5.26. The molecule has 0 fully saturated rings. The predicted octanol–water partition coefficient (Wildman–Crippen LogP) is 1.16. The first-order valence-electron chi connectivity index (χ1n) is 2.84. The third kappa shape index (κ3) is 2.63. The molecule has 0 aliphatic carbocycles. The number of rotatable bonds is 1. The van der Waals surface area contributed by atoms with Gasteiger partial charge in [-0.25, -0.2) is 9.97 Å². The summed E-state index contributed by atoms with van der Waals surface area (Å²) in [6.07, 6.45) is 1.31. The standard InChI is InChI=1S/C6H5BrN2O2/c1-4(10)11-6-2-5(7)8-3-9-6/h2-3H,1H3. The van der Waals surface area contributed by atoms with Gasteiger partial charge in [0.05, 0.1) is 0 Å². The van der Waals surface area contributed by atoms with Crippen LogP contribution in [0.1, 0.15) is 6.92 Å². The highest BCUT2D eigenvalue weighted by atomic mass is 79.9. The molecule has 0 atom stereocenters. The van der Waals surface area contributed by atoms with E-state index in [1.54, 1.807) is 0 Å². The number of carbonyl (C=O) groups excluding carboxylic acids is 1. The molecule has 0 aliphatic heterocycles. The summed E-state index contributed by atoms with van der Waals surface area (Å²) in [6, 6.07) is 1.52. The lowest BCUT2D eigenvalue weighted by molar-refractivity contribution is -0.132. The molecule has 58 valence electrons. The quantitative estimate of drug-likeness (QED) is 0.523. The van der Waals surface area contributed by atoms with E-state index >= 15 is 0 Å². The SMILES string of the molecule is CC(=O)Oc1cc(Br)ncn1. The maximum absolute atomic E-state index is 10.4. The van der Waals surface area contributed by atoms with E-state index in [2.05, 4.69) is 30.6 Å². The molecule has 0 saturated carbocycles. The molecule has 1 heterocycles. The lowest BCUT2D eigenvalue weighted by atomic mass is 10.6. The van der Waals surface area contributed by atoms with Crippen molar-refractivity contribution in [2.75, 3.05) is 0 Å². The summed E-state index contributed by atoms with van der Waals surface area (Å²) in [6.45, 7) is 1.32. The van der Waals surface area contributed by atoms with Crippen LogP contribution in [0.2, 0.25) is 0 Å². The van der Waals surface area contributed by atoms with E-state index in [1.807, 2.05) is 0 Å². The second-order valence-electron chi connectivity index (χ2n) is 1.77. The summed E-state index contributed by atoms with van der Waals surface area (Å²) in [5.74, 6) is -0.144. The van der Waals surface area contributed by atoms with E-state index < -0.39 is 5.97 Å². The van der Waals surface area contributed by atoms with Crippen LogP contribution < -0.4 is 4.74 Å². The van der Waals surface area contributed by atoms with Gasteiger partial charge in [0.1, 0.15) is 10.9 Å². The fourth-order valence-electron chi connectivity index (χ4n) is 0.520. The molecular weight excluding hydrogens is 212 g/mol. The molecule has 0 amide bonds. The summed E-state index contributed by atoms with van der Waals surface area (Å²) in [5, 5.41) is 0. The lowest BCUT2D eigenvalue weighted by Gasteiger charge is -1.97. The van der Waals surface area contributed by atoms with E-state index in [1.165, 1.54) is 19.3 Å². The molecule has 0 aliphatic rings. The maximum atomic E-state index is 10.4. The van der Waals surface area contributed by atoms with Crippen molar-refractivity contribution in [2.45, 2.75) is 6.92 Å². The smallest absolute Gasteiger partial charge is 0.309 e.